The van der Waals surface area contributed by atoms with Crippen LogP contribution in [0.3, 0.4) is 0 Å². The van der Waals surface area contributed by atoms with Gasteiger partial charge in [0.25, 0.3) is 0 Å². The summed E-state index contributed by atoms with van der Waals surface area (Å²) in [6.45, 7) is 6.95. The number of para-hydroxylation sites is 1. The molecule has 0 spiro atoms. The molecule has 0 amide bonds. The summed E-state index contributed by atoms with van der Waals surface area (Å²) in [5.41, 5.74) is 4.79. The Hall–Kier alpha value is -2.50. The van der Waals surface area contributed by atoms with Crippen LogP contribution in [0.25, 0.3) is 0 Å². The normalized spacial score (nSPS) is 17.8. The molecule has 25 heavy (non-hydrogen) atoms. The Balaban J connectivity index is 1.55. The lowest BCUT2D eigenvalue weighted by molar-refractivity contribution is 0.648. The molecule has 6 nitrogen and oxygen atoms in total. The van der Waals surface area contributed by atoms with E-state index in [1.807, 2.05) is 18.8 Å². The van der Waals surface area contributed by atoms with Gasteiger partial charge in [-0.3, -0.25) is 9.67 Å². The quantitative estimate of drug-likeness (QED) is 0.660. The standard InChI is InChI=1S/C19H28N6/c1-14-18(15(2)24(4)23-14)12-21-19(20-3)22-16-10-11-25(13-16)17-8-6-5-7-9-17/h5-9,16H,10-13H2,1-4H3,(H2,20,21,22). The number of nitrogens with zero attached hydrogens (tertiary/aromatic N) is 4. The number of nitrogens with one attached hydrogen (secondary N) is 2. The first-order valence-corrected chi connectivity index (χ1v) is 8.84. The van der Waals surface area contributed by atoms with Crippen molar-refractivity contribution in [1.29, 1.82) is 0 Å². The van der Waals surface area contributed by atoms with Crippen LogP contribution < -0.4 is 15.5 Å². The molecular weight excluding hydrogens is 312 g/mol. The van der Waals surface area contributed by atoms with Crippen LogP contribution in [0.4, 0.5) is 5.69 Å². The number of aryl methyl sites for hydroxylation is 2. The second-order valence-corrected chi connectivity index (χ2v) is 6.61. The Labute approximate surface area is 149 Å². The molecular formula is C19H28N6. The first kappa shape index (κ1) is 17.3. The number of hydrogen-bond donors (Lipinski definition) is 2. The van der Waals surface area contributed by atoms with Gasteiger partial charge in [-0.2, -0.15) is 5.10 Å². The molecule has 2 aromatic rings. The lowest BCUT2D eigenvalue weighted by Crippen LogP contribution is -2.44. The highest BCUT2D eigenvalue weighted by molar-refractivity contribution is 5.80. The lowest BCUT2D eigenvalue weighted by Gasteiger charge is -2.20. The number of hydrogen-bond acceptors (Lipinski definition) is 3. The van der Waals surface area contributed by atoms with E-state index in [4.69, 9.17) is 0 Å². The van der Waals surface area contributed by atoms with Gasteiger partial charge in [0, 0.05) is 56.7 Å². The molecule has 0 saturated carbocycles. The average molecular weight is 340 g/mol. The zero-order valence-corrected chi connectivity index (χ0v) is 15.6. The van der Waals surface area contributed by atoms with Crippen LogP contribution in [-0.2, 0) is 13.6 Å². The summed E-state index contributed by atoms with van der Waals surface area (Å²) in [4.78, 5) is 6.80. The van der Waals surface area contributed by atoms with E-state index in [0.29, 0.717) is 6.04 Å². The molecule has 0 aliphatic carbocycles. The Kier molecular flexibility index (Phi) is 5.26. The van der Waals surface area contributed by atoms with E-state index in [1.54, 1.807) is 0 Å². The average Bonchev–Trinajstić information content (AvgIpc) is 3.18. The van der Waals surface area contributed by atoms with Gasteiger partial charge in [0.15, 0.2) is 5.96 Å². The molecule has 1 aromatic carbocycles. The Bertz CT molecular complexity index is 734. The van der Waals surface area contributed by atoms with Gasteiger partial charge in [0.1, 0.15) is 0 Å². The van der Waals surface area contributed by atoms with Crippen molar-refractivity contribution in [3.8, 4) is 0 Å². The molecule has 134 valence electrons. The van der Waals surface area contributed by atoms with E-state index in [0.717, 1.165) is 37.7 Å². The third kappa shape index (κ3) is 3.95. The van der Waals surface area contributed by atoms with Crippen molar-refractivity contribution in [2.75, 3.05) is 25.0 Å². The number of rotatable bonds is 4. The van der Waals surface area contributed by atoms with Gasteiger partial charge in [-0.1, -0.05) is 18.2 Å². The fourth-order valence-corrected chi connectivity index (χ4v) is 3.38. The smallest absolute Gasteiger partial charge is 0.191 e. The Morgan fingerprint density at radius 1 is 1.28 bits per heavy atom. The zero-order valence-electron chi connectivity index (χ0n) is 15.6. The van der Waals surface area contributed by atoms with Gasteiger partial charge < -0.3 is 15.5 Å². The number of anilines is 1. The van der Waals surface area contributed by atoms with Gasteiger partial charge in [-0.25, -0.2) is 0 Å². The second kappa shape index (κ2) is 7.59. The van der Waals surface area contributed by atoms with Crippen LogP contribution in [0.5, 0.6) is 0 Å². The van der Waals surface area contributed by atoms with Crippen molar-refractivity contribution >= 4 is 11.6 Å². The summed E-state index contributed by atoms with van der Waals surface area (Å²) in [5.74, 6) is 0.850. The van der Waals surface area contributed by atoms with Gasteiger partial charge in [-0.15, -0.1) is 0 Å². The minimum Gasteiger partial charge on any atom is -0.369 e. The molecule has 3 rings (SSSR count). The maximum Gasteiger partial charge on any atom is 0.191 e. The number of aliphatic imine (C=N–C) groups is 1. The number of guanidine groups is 1. The monoisotopic (exact) mass is 340 g/mol. The van der Waals surface area contributed by atoms with E-state index in [9.17, 15) is 0 Å². The Morgan fingerprint density at radius 2 is 2.04 bits per heavy atom. The predicted octanol–water partition coefficient (Wildman–Crippen LogP) is 1.98. The molecule has 2 N–H and O–H groups in total. The van der Waals surface area contributed by atoms with Gasteiger partial charge in [0.05, 0.1) is 5.69 Å². The van der Waals surface area contributed by atoms with Crippen LogP contribution in [0.15, 0.2) is 35.3 Å². The molecule has 0 bridgehead atoms. The summed E-state index contributed by atoms with van der Waals surface area (Å²) in [6.07, 6.45) is 1.11. The fraction of sp³-hybridized carbons (Fsp3) is 0.474. The van der Waals surface area contributed by atoms with Crippen molar-refractivity contribution in [3.05, 3.63) is 47.3 Å². The third-order valence-electron chi connectivity index (χ3n) is 4.97. The molecule has 1 aromatic heterocycles. The molecule has 0 radical (unpaired) electrons. The summed E-state index contributed by atoms with van der Waals surface area (Å²) in [5, 5.41) is 11.5. The SMILES string of the molecule is CN=C(NCc1c(C)nn(C)c1C)NC1CCN(c2ccccc2)C1. The van der Waals surface area contributed by atoms with Crippen molar-refractivity contribution in [1.82, 2.24) is 20.4 Å². The molecule has 6 heteroatoms. The summed E-state index contributed by atoms with van der Waals surface area (Å²) in [6, 6.07) is 11.0. The molecule has 1 unspecified atom stereocenters. The molecule has 1 aliphatic rings. The third-order valence-corrected chi connectivity index (χ3v) is 4.97. The summed E-state index contributed by atoms with van der Waals surface area (Å²) in [7, 11) is 3.80. The first-order chi connectivity index (χ1) is 12.1. The van der Waals surface area contributed by atoms with Gasteiger partial charge in [-0.05, 0) is 32.4 Å². The predicted molar refractivity (Wildman–Crippen MR) is 103 cm³/mol. The van der Waals surface area contributed by atoms with E-state index in [-0.39, 0.29) is 0 Å². The zero-order chi connectivity index (χ0) is 17.8. The van der Waals surface area contributed by atoms with Crippen LogP contribution in [0.1, 0.15) is 23.4 Å². The van der Waals surface area contributed by atoms with Crippen molar-refractivity contribution in [2.24, 2.45) is 12.0 Å². The van der Waals surface area contributed by atoms with E-state index in [2.05, 4.69) is 69.8 Å². The number of aromatic nitrogens is 2. The van der Waals surface area contributed by atoms with Crippen LogP contribution >= 0.6 is 0 Å². The highest BCUT2D eigenvalue weighted by Crippen LogP contribution is 2.19. The second-order valence-electron chi connectivity index (χ2n) is 6.61. The summed E-state index contributed by atoms with van der Waals surface area (Å²) < 4.78 is 1.93. The first-order valence-electron chi connectivity index (χ1n) is 8.84. The Morgan fingerprint density at radius 3 is 2.68 bits per heavy atom. The van der Waals surface area contributed by atoms with Gasteiger partial charge in [0.2, 0.25) is 0 Å². The molecule has 1 fully saturated rings. The van der Waals surface area contributed by atoms with E-state index < -0.39 is 0 Å². The van der Waals surface area contributed by atoms with Gasteiger partial charge >= 0.3 is 0 Å². The maximum absolute atomic E-state index is 4.47. The largest absolute Gasteiger partial charge is 0.369 e. The van der Waals surface area contributed by atoms with Crippen molar-refractivity contribution in [2.45, 2.75) is 32.9 Å². The fourth-order valence-electron chi connectivity index (χ4n) is 3.38. The minimum atomic E-state index is 0.405. The van der Waals surface area contributed by atoms with Crippen molar-refractivity contribution in [3.63, 3.8) is 0 Å². The van der Waals surface area contributed by atoms with E-state index >= 15 is 0 Å². The highest BCUT2D eigenvalue weighted by atomic mass is 15.3. The molecule has 1 aliphatic heterocycles. The minimum absolute atomic E-state index is 0.405. The van der Waals surface area contributed by atoms with Crippen LogP contribution in [-0.4, -0.2) is 41.9 Å². The molecule has 1 saturated heterocycles. The topological polar surface area (TPSA) is 57.5 Å². The number of benzene rings is 1. The molecule has 1 atom stereocenters. The van der Waals surface area contributed by atoms with E-state index in [1.165, 1.54) is 16.9 Å². The summed E-state index contributed by atoms with van der Waals surface area (Å²) >= 11 is 0. The van der Waals surface area contributed by atoms with Crippen LogP contribution in [0.2, 0.25) is 0 Å². The van der Waals surface area contributed by atoms with Crippen molar-refractivity contribution < 1.29 is 0 Å². The highest BCUT2D eigenvalue weighted by Gasteiger charge is 2.23. The molecule has 2 heterocycles. The maximum atomic E-state index is 4.47. The lowest BCUT2D eigenvalue weighted by atomic mass is 10.2. The van der Waals surface area contributed by atoms with Crippen LogP contribution in [0, 0.1) is 13.8 Å².